The number of rotatable bonds is 5. The summed E-state index contributed by atoms with van der Waals surface area (Å²) >= 11 is 3.57. The van der Waals surface area contributed by atoms with Gasteiger partial charge in [0.1, 0.15) is 5.82 Å². The first kappa shape index (κ1) is 23.7. The summed E-state index contributed by atoms with van der Waals surface area (Å²) in [6.07, 6.45) is 5.85. The van der Waals surface area contributed by atoms with Gasteiger partial charge in [0.05, 0.1) is 11.8 Å². The molecule has 2 aromatic heterocycles. The molecule has 1 atom stereocenters. The summed E-state index contributed by atoms with van der Waals surface area (Å²) in [6.45, 7) is 1.01. The lowest BCUT2D eigenvalue weighted by molar-refractivity contribution is 0.0783. The first-order valence-electron chi connectivity index (χ1n) is 11.6. The van der Waals surface area contributed by atoms with E-state index in [1.54, 1.807) is 28.0 Å². The van der Waals surface area contributed by atoms with Crippen molar-refractivity contribution >= 4 is 33.6 Å². The second-order valence-electron chi connectivity index (χ2n) is 8.83. The number of pyridine rings is 1. The van der Waals surface area contributed by atoms with Crippen molar-refractivity contribution in [3.8, 4) is 22.3 Å². The van der Waals surface area contributed by atoms with Crippen molar-refractivity contribution in [2.45, 2.75) is 12.5 Å². The fourth-order valence-electron chi connectivity index (χ4n) is 4.38. The number of halogens is 1. The zero-order valence-electron chi connectivity index (χ0n) is 19.7. The molecule has 1 aliphatic heterocycles. The van der Waals surface area contributed by atoms with Gasteiger partial charge in [-0.05, 0) is 41.8 Å². The summed E-state index contributed by atoms with van der Waals surface area (Å²) in [4.78, 5) is 32.0. The Morgan fingerprint density at radius 2 is 1.83 bits per heavy atom. The standard InChI is InChI=1S/C27H25BrN6O2/c1-33-15-20(14-31-33)19-12-23(25(29)30-13-19)26(35)32-21-10-11-34(16-21)27(36)18-8-6-17(7-9-18)22-4-2-3-5-24(22)28/h2-9,12-15,21H,10-11,16H2,1H3,(H2,29,30)(H,32,35)/t21-/m1/s1. The normalized spacial score (nSPS) is 15.2. The summed E-state index contributed by atoms with van der Waals surface area (Å²) in [7, 11) is 1.83. The SMILES string of the molecule is Cn1cc(-c2cnc(N)c(C(=O)N[C@@H]3CCN(C(=O)c4ccc(-c5ccccc5Br)cc4)C3)c2)cn1. The number of aromatic nitrogens is 3. The molecule has 1 aliphatic rings. The first-order valence-corrected chi connectivity index (χ1v) is 12.4. The number of amides is 2. The number of hydrogen-bond donors (Lipinski definition) is 2. The largest absolute Gasteiger partial charge is 0.383 e. The highest BCUT2D eigenvalue weighted by Crippen LogP contribution is 2.28. The molecule has 9 heteroatoms. The van der Waals surface area contributed by atoms with E-state index in [0.29, 0.717) is 30.6 Å². The van der Waals surface area contributed by atoms with Crippen molar-refractivity contribution in [2.75, 3.05) is 18.8 Å². The zero-order valence-corrected chi connectivity index (χ0v) is 21.3. The molecule has 4 aromatic rings. The lowest BCUT2D eigenvalue weighted by atomic mass is 10.0. The van der Waals surface area contributed by atoms with Crippen LogP contribution in [0.4, 0.5) is 5.82 Å². The van der Waals surface area contributed by atoms with Crippen LogP contribution in [-0.2, 0) is 7.05 Å². The number of anilines is 1. The van der Waals surface area contributed by atoms with Crippen molar-refractivity contribution in [2.24, 2.45) is 7.05 Å². The average Bonchev–Trinajstić information content (AvgIpc) is 3.53. The molecule has 1 saturated heterocycles. The van der Waals surface area contributed by atoms with Crippen LogP contribution in [0.2, 0.25) is 0 Å². The van der Waals surface area contributed by atoms with Crippen LogP contribution in [0.3, 0.4) is 0 Å². The van der Waals surface area contributed by atoms with Crippen LogP contribution in [0.5, 0.6) is 0 Å². The number of carbonyl (C=O) groups is 2. The summed E-state index contributed by atoms with van der Waals surface area (Å²) in [5, 5.41) is 7.18. The van der Waals surface area contributed by atoms with E-state index in [-0.39, 0.29) is 23.7 Å². The minimum absolute atomic E-state index is 0.0508. The van der Waals surface area contributed by atoms with Gasteiger partial charge >= 0.3 is 0 Å². The van der Waals surface area contributed by atoms with Crippen molar-refractivity contribution in [1.82, 2.24) is 25.0 Å². The van der Waals surface area contributed by atoms with E-state index < -0.39 is 0 Å². The van der Waals surface area contributed by atoms with E-state index in [0.717, 1.165) is 26.7 Å². The number of carbonyl (C=O) groups excluding carboxylic acids is 2. The smallest absolute Gasteiger partial charge is 0.255 e. The Morgan fingerprint density at radius 1 is 1.06 bits per heavy atom. The Morgan fingerprint density at radius 3 is 2.56 bits per heavy atom. The molecule has 1 fully saturated rings. The third-order valence-electron chi connectivity index (χ3n) is 6.33. The zero-order chi connectivity index (χ0) is 25.2. The second kappa shape index (κ2) is 9.94. The van der Waals surface area contributed by atoms with Crippen LogP contribution in [0.25, 0.3) is 22.3 Å². The number of likely N-dealkylation sites (tertiary alicyclic amines) is 1. The fourth-order valence-corrected chi connectivity index (χ4v) is 4.90. The molecule has 0 bridgehead atoms. The number of aryl methyl sites for hydroxylation is 1. The second-order valence-corrected chi connectivity index (χ2v) is 9.68. The van der Waals surface area contributed by atoms with Crippen LogP contribution in [0, 0.1) is 0 Å². The predicted octanol–water partition coefficient (Wildman–Crippen LogP) is 4.14. The highest BCUT2D eigenvalue weighted by atomic mass is 79.9. The van der Waals surface area contributed by atoms with E-state index in [1.165, 1.54) is 0 Å². The Balaban J connectivity index is 1.23. The van der Waals surface area contributed by atoms with Gasteiger partial charge in [0.25, 0.3) is 11.8 Å². The maximum atomic E-state index is 13.1. The maximum Gasteiger partial charge on any atom is 0.255 e. The molecule has 3 heterocycles. The van der Waals surface area contributed by atoms with Gasteiger partial charge in [-0.15, -0.1) is 0 Å². The minimum Gasteiger partial charge on any atom is -0.383 e. The topological polar surface area (TPSA) is 106 Å². The van der Waals surface area contributed by atoms with Crippen molar-refractivity contribution < 1.29 is 9.59 Å². The lowest BCUT2D eigenvalue weighted by Gasteiger charge is -2.18. The summed E-state index contributed by atoms with van der Waals surface area (Å²) in [6, 6.07) is 17.1. The molecule has 0 aliphatic carbocycles. The maximum absolute atomic E-state index is 13.1. The molecular weight excluding hydrogens is 520 g/mol. The molecule has 2 aromatic carbocycles. The highest BCUT2D eigenvalue weighted by molar-refractivity contribution is 9.10. The molecule has 2 amide bonds. The van der Waals surface area contributed by atoms with Gasteiger partial charge in [-0.2, -0.15) is 5.10 Å². The Kier molecular flexibility index (Phi) is 6.56. The fraction of sp³-hybridized carbons (Fsp3) is 0.185. The van der Waals surface area contributed by atoms with E-state index >= 15 is 0 Å². The Labute approximate surface area is 217 Å². The monoisotopic (exact) mass is 544 g/mol. The van der Waals surface area contributed by atoms with Gasteiger partial charge in [0.2, 0.25) is 0 Å². The molecule has 8 nitrogen and oxygen atoms in total. The molecule has 0 radical (unpaired) electrons. The molecule has 5 rings (SSSR count). The Bertz CT molecular complexity index is 1430. The van der Waals surface area contributed by atoms with Crippen LogP contribution in [-0.4, -0.2) is 50.6 Å². The number of nitrogens with two attached hydrogens (primary N) is 1. The molecule has 36 heavy (non-hydrogen) atoms. The van der Waals surface area contributed by atoms with Crippen molar-refractivity contribution in [3.63, 3.8) is 0 Å². The average molecular weight is 545 g/mol. The number of benzene rings is 2. The summed E-state index contributed by atoms with van der Waals surface area (Å²) in [5.74, 6) is -0.191. The van der Waals surface area contributed by atoms with Gasteiger partial charge in [0.15, 0.2) is 0 Å². The number of hydrogen-bond acceptors (Lipinski definition) is 5. The summed E-state index contributed by atoms with van der Waals surface area (Å²) in [5.41, 5.74) is 10.6. The summed E-state index contributed by atoms with van der Waals surface area (Å²) < 4.78 is 2.69. The minimum atomic E-state index is -0.303. The van der Waals surface area contributed by atoms with Crippen LogP contribution in [0.1, 0.15) is 27.1 Å². The molecule has 0 saturated carbocycles. The quantitative estimate of drug-likeness (QED) is 0.392. The van der Waals surface area contributed by atoms with E-state index in [2.05, 4.69) is 31.3 Å². The number of nitrogen functional groups attached to an aromatic ring is 1. The van der Waals surface area contributed by atoms with Gasteiger partial charge in [-0.3, -0.25) is 14.3 Å². The number of nitrogens with zero attached hydrogens (tertiary/aromatic N) is 4. The number of nitrogens with one attached hydrogen (secondary N) is 1. The molecule has 182 valence electrons. The van der Waals surface area contributed by atoms with Gasteiger partial charge in [-0.1, -0.05) is 46.3 Å². The molecule has 3 N–H and O–H groups in total. The van der Waals surface area contributed by atoms with Gasteiger partial charge < -0.3 is 16.0 Å². The highest BCUT2D eigenvalue weighted by Gasteiger charge is 2.29. The van der Waals surface area contributed by atoms with Crippen molar-refractivity contribution in [1.29, 1.82) is 0 Å². The van der Waals surface area contributed by atoms with E-state index in [9.17, 15) is 9.59 Å². The van der Waals surface area contributed by atoms with Gasteiger partial charge in [-0.25, -0.2) is 4.98 Å². The molecule has 0 unspecified atom stereocenters. The van der Waals surface area contributed by atoms with Crippen LogP contribution in [0.15, 0.2) is 77.7 Å². The Hall–Kier alpha value is -3.98. The third kappa shape index (κ3) is 4.87. The van der Waals surface area contributed by atoms with E-state index in [1.807, 2.05) is 61.8 Å². The molecule has 0 spiro atoms. The van der Waals surface area contributed by atoms with E-state index in [4.69, 9.17) is 5.73 Å². The van der Waals surface area contributed by atoms with Crippen LogP contribution >= 0.6 is 15.9 Å². The third-order valence-corrected chi connectivity index (χ3v) is 7.02. The van der Waals surface area contributed by atoms with Gasteiger partial charge in [0, 0.05) is 59.7 Å². The predicted molar refractivity (Wildman–Crippen MR) is 142 cm³/mol. The lowest BCUT2D eigenvalue weighted by Crippen LogP contribution is -2.38. The van der Waals surface area contributed by atoms with Crippen LogP contribution < -0.4 is 11.1 Å². The molecular formula is C27H25BrN6O2. The van der Waals surface area contributed by atoms with Crippen molar-refractivity contribution in [3.05, 3.63) is 88.8 Å². The first-order chi connectivity index (χ1) is 17.4.